The van der Waals surface area contributed by atoms with E-state index in [1.807, 2.05) is 20.8 Å². The molecule has 8 nitrogen and oxygen atoms in total. The van der Waals surface area contributed by atoms with Crippen LogP contribution in [0.3, 0.4) is 0 Å². The van der Waals surface area contributed by atoms with E-state index < -0.39 is 11.4 Å². The maximum atomic E-state index is 14.0. The zero-order chi connectivity index (χ0) is 25.9. The van der Waals surface area contributed by atoms with Crippen molar-refractivity contribution < 1.29 is 23.5 Å². The number of nitrogens with one attached hydrogen (secondary N) is 1. The molecular weight excluding hydrogens is 463 g/mol. The minimum Gasteiger partial charge on any atom is -0.497 e. The van der Waals surface area contributed by atoms with Crippen molar-refractivity contribution in [3.63, 3.8) is 0 Å². The molecule has 1 saturated heterocycles. The second-order valence-electron chi connectivity index (χ2n) is 9.76. The summed E-state index contributed by atoms with van der Waals surface area (Å²) >= 11 is 0. The fourth-order valence-corrected chi connectivity index (χ4v) is 4.27. The zero-order valence-electron chi connectivity index (χ0n) is 21.0. The number of halogens is 1. The number of amides is 2. The van der Waals surface area contributed by atoms with Crippen LogP contribution in [0.25, 0.3) is 5.69 Å². The third-order valence-corrected chi connectivity index (χ3v) is 5.99. The molecule has 0 saturated carbocycles. The van der Waals surface area contributed by atoms with Crippen LogP contribution in [0.2, 0.25) is 0 Å². The Hall–Kier alpha value is -3.88. The Morgan fingerprint density at radius 3 is 2.39 bits per heavy atom. The number of hydrogen-bond acceptors (Lipinski definition) is 5. The van der Waals surface area contributed by atoms with Crippen molar-refractivity contribution in [1.82, 2.24) is 14.7 Å². The van der Waals surface area contributed by atoms with E-state index in [1.165, 1.54) is 18.3 Å². The highest BCUT2D eigenvalue weighted by Crippen LogP contribution is 2.33. The maximum absolute atomic E-state index is 14.0. The summed E-state index contributed by atoms with van der Waals surface area (Å²) in [6.07, 6.45) is 2.39. The molecule has 9 heteroatoms. The van der Waals surface area contributed by atoms with Crippen molar-refractivity contribution in [2.45, 2.75) is 45.1 Å². The van der Waals surface area contributed by atoms with Crippen molar-refractivity contribution >= 4 is 17.7 Å². The van der Waals surface area contributed by atoms with Crippen LogP contribution in [-0.4, -0.2) is 52.5 Å². The average Bonchev–Trinajstić information content (AvgIpc) is 3.29. The van der Waals surface area contributed by atoms with E-state index in [4.69, 9.17) is 9.47 Å². The van der Waals surface area contributed by atoms with Gasteiger partial charge < -0.3 is 19.7 Å². The van der Waals surface area contributed by atoms with Crippen LogP contribution in [0.4, 0.5) is 14.9 Å². The third-order valence-electron chi connectivity index (χ3n) is 5.99. The number of carbonyl (C=O) groups is 2. The van der Waals surface area contributed by atoms with Crippen LogP contribution in [0.5, 0.6) is 5.75 Å². The summed E-state index contributed by atoms with van der Waals surface area (Å²) < 4.78 is 26.3. The molecule has 1 aliphatic rings. The molecule has 0 atom stereocenters. The fourth-order valence-electron chi connectivity index (χ4n) is 4.27. The summed E-state index contributed by atoms with van der Waals surface area (Å²) in [5, 5.41) is 7.37. The van der Waals surface area contributed by atoms with Gasteiger partial charge in [-0.15, -0.1) is 0 Å². The van der Waals surface area contributed by atoms with Crippen LogP contribution in [0.15, 0.2) is 54.7 Å². The van der Waals surface area contributed by atoms with E-state index in [0.29, 0.717) is 54.3 Å². The number of aromatic nitrogens is 2. The van der Waals surface area contributed by atoms with Gasteiger partial charge in [-0.25, -0.2) is 13.9 Å². The number of methoxy groups -OCH3 is 1. The molecule has 2 heterocycles. The van der Waals surface area contributed by atoms with Gasteiger partial charge in [0.25, 0.3) is 5.91 Å². The molecule has 0 radical (unpaired) electrons. The summed E-state index contributed by atoms with van der Waals surface area (Å²) in [7, 11) is 1.58. The molecule has 36 heavy (non-hydrogen) atoms. The molecule has 0 aliphatic carbocycles. The van der Waals surface area contributed by atoms with Gasteiger partial charge in [0.1, 0.15) is 17.2 Å². The van der Waals surface area contributed by atoms with Gasteiger partial charge in [-0.05, 0) is 76.1 Å². The van der Waals surface area contributed by atoms with Crippen LogP contribution >= 0.6 is 0 Å². The van der Waals surface area contributed by atoms with Crippen LogP contribution in [-0.2, 0) is 4.74 Å². The Bertz CT molecular complexity index is 1230. The second kappa shape index (κ2) is 10.4. The van der Waals surface area contributed by atoms with Gasteiger partial charge in [-0.1, -0.05) is 6.07 Å². The van der Waals surface area contributed by atoms with E-state index >= 15 is 0 Å². The Kier molecular flexibility index (Phi) is 7.28. The number of benzene rings is 2. The molecule has 2 aromatic carbocycles. The summed E-state index contributed by atoms with van der Waals surface area (Å²) in [6.45, 7) is 6.47. The predicted octanol–water partition coefficient (Wildman–Crippen LogP) is 5.39. The smallest absolute Gasteiger partial charge is 0.410 e. The Morgan fingerprint density at radius 2 is 1.78 bits per heavy atom. The maximum Gasteiger partial charge on any atom is 0.410 e. The van der Waals surface area contributed by atoms with Crippen molar-refractivity contribution in [3.05, 3.63) is 71.8 Å². The Labute approximate surface area is 210 Å². The number of rotatable bonds is 5. The van der Waals surface area contributed by atoms with Gasteiger partial charge in [0.2, 0.25) is 0 Å². The van der Waals surface area contributed by atoms with Crippen molar-refractivity contribution in [3.8, 4) is 11.4 Å². The Balaban J connectivity index is 1.60. The molecule has 1 aliphatic heterocycles. The molecule has 0 unspecified atom stereocenters. The largest absolute Gasteiger partial charge is 0.497 e. The number of nitrogens with zero attached hydrogens (tertiary/aromatic N) is 3. The first kappa shape index (κ1) is 25.2. The van der Waals surface area contributed by atoms with Crippen LogP contribution < -0.4 is 10.1 Å². The second-order valence-corrected chi connectivity index (χ2v) is 9.76. The lowest BCUT2D eigenvalue weighted by Gasteiger charge is -2.34. The average molecular weight is 495 g/mol. The predicted molar refractivity (Wildman–Crippen MR) is 134 cm³/mol. The molecule has 1 aromatic heterocycles. The number of carbonyl (C=O) groups excluding carboxylic acids is 2. The Morgan fingerprint density at radius 1 is 1.08 bits per heavy atom. The number of likely N-dealkylation sites (tertiary alicyclic amines) is 1. The first-order chi connectivity index (χ1) is 17.1. The highest BCUT2D eigenvalue weighted by Gasteiger charge is 2.32. The van der Waals surface area contributed by atoms with Crippen molar-refractivity contribution in [2.75, 3.05) is 25.5 Å². The lowest BCUT2D eigenvalue weighted by atomic mass is 9.90. The molecule has 3 aromatic rings. The normalized spacial score (nSPS) is 14.4. The van der Waals surface area contributed by atoms with Gasteiger partial charge in [0, 0.05) is 24.7 Å². The van der Waals surface area contributed by atoms with E-state index in [9.17, 15) is 14.0 Å². The van der Waals surface area contributed by atoms with E-state index in [1.54, 1.807) is 53.1 Å². The first-order valence-electron chi connectivity index (χ1n) is 11.9. The topological polar surface area (TPSA) is 85.7 Å². The molecule has 1 N–H and O–H groups in total. The fraction of sp³-hybridized carbons (Fsp3) is 0.370. The van der Waals surface area contributed by atoms with Crippen LogP contribution in [0.1, 0.15) is 55.6 Å². The van der Waals surface area contributed by atoms with Gasteiger partial charge in [0.05, 0.1) is 30.3 Å². The summed E-state index contributed by atoms with van der Waals surface area (Å²) in [5.41, 5.74) is 1.67. The van der Waals surface area contributed by atoms with Gasteiger partial charge >= 0.3 is 6.09 Å². The number of piperidine rings is 1. The number of anilines is 1. The van der Waals surface area contributed by atoms with E-state index in [-0.39, 0.29) is 17.9 Å². The van der Waals surface area contributed by atoms with Gasteiger partial charge in [0.15, 0.2) is 0 Å². The highest BCUT2D eigenvalue weighted by molar-refractivity contribution is 6.05. The molecular formula is C27H31FN4O4. The SMILES string of the molecule is COc1ccc(NC(=O)c2cnn(-c3cccc(F)c3)c2C2CCN(C(=O)OC(C)(C)C)CC2)cc1. The minimum atomic E-state index is -0.573. The molecule has 4 rings (SSSR count). The summed E-state index contributed by atoms with van der Waals surface area (Å²) in [6, 6.07) is 13.2. The zero-order valence-corrected chi connectivity index (χ0v) is 21.0. The first-order valence-corrected chi connectivity index (χ1v) is 11.9. The number of ether oxygens (including phenoxy) is 2. The number of hydrogen-bond donors (Lipinski definition) is 1. The van der Waals surface area contributed by atoms with Crippen molar-refractivity contribution in [2.24, 2.45) is 0 Å². The van der Waals surface area contributed by atoms with Gasteiger partial charge in [-0.3, -0.25) is 4.79 Å². The monoisotopic (exact) mass is 494 g/mol. The molecule has 0 spiro atoms. The molecule has 190 valence electrons. The summed E-state index contributed by atoms with van der Waals surface area (Å²) in [4.78, 5) is 27.5. The molecule has 1 fully saturated rings. The lowest BCUT2D eigenvalue weighted by molar-refractivity contribution is 0.0203. The third kappa shape index (κ3) is 5.84. The van der Waals surface area contributed by atoms with Crippen molar-refractivity contribution in [1.29, 1.82) is 0 Å². The quantitative estimate of drug-likeness (QED) is 0.514. The summed E-state index contributed by atoms with van der Waals surface area (Å²) in [5.74, 6) is -0.0826. The lowest BCUT2D eigenvalue weighted by Crippen LogP contribution is -2.41. The standard InChI is InChI=1S/C27H31FN4O4/c1-27(2,3)36-26(34)31-14-12-18(13-15-31)24-23(17-29-32(24)21-7-5-6-19(28)16-21)25(33)30-20-8-10-22(35-4)11-9-20/h5-11,16-18H,12-15H2,1-4H3,(H,30,33). The molecule has 2 amide bonds. The van der Waals surface area contributed by atoms with Crippen LogP contribution in [0, 0.1) is 5.82 Å². The molecule has 0 bridgehead atoms. The highest BCUT2D eigenvalue weighted by atomic mass is 19.1. The van der Waals surface area contributed by atoms with E-state index in [2.05, 4.69) is 10.4 Å². The van der Waals surface area contributed by atoms with E-state index in [0.717, 1.165) is 0 Å². The minimum absolute atomic E-state index is 0.0638. The van der Waals surface area contributed by atoms with Gasteiger partial charge in [-0.2, -0.15) is 5.10 Å².